The number of nitrogens with zero attached hydrogens (tertiary/aromatic N) is 1. The van der Waals surface area contributed by atoms with Crippen LogP contribution in [0.4, 0.5) is 5.69 Å². The smallest absolute Gasteiger partial charge is 0.267 e. The van der Waals surface area contributed by atoms with Gasteiger partial charge in [0.25, 0.3) is 5.91 Å². The number of rotatable bonds is 3. The van der Waals surface area contributed by atoms with Crippen molar-refractivity contribution in [3.8, 4) is 0 Å². The number of aryl methyl sites for hydroxylation is 1. The van der Waals surface area contributed by atoms with Crippen molar-refractivity contribution >= 4 is 11.6 Å². The number of nitrogens with one attached hydrogen (secondary N) is 1. The lowest BCUT2D eigenvalue weighted by Gasteiger charge is -2.20. The van der Waals surface area contributed by atoms with Crippen molar-refractivity contribution in [2.24, 2.45) is 0 Å². The van der Waals surface area contributed by atoms with E-state index in [4.69, 9.17) is 0 Å². The predicted octanol–water partition coefficient (Wildman–Crippen LogP) is 2.05. The van der Waals surface area contributed by atoms with Crippen molar-refractivity contribution in [3.05, 3.63) is 42.0 Å². The molecular weight excluding hydrogens is 200 g/mol. The molecule has 0 aromatic heterocycles. The van der Waals surface area contributed by atoms with Crippen LogP contribution in [0.25, 0.3) is 0 Å². The van der Waals surface area contributed by atoms with Gasteiger partial charge in [0.2, 0.25) is 0 Å². The number of anilines is 1. The van der Waals surface area contributed by atoms with E-state index in [1.807, 2.05) is 23.2 Å². The molecule has 16 heavy (non-hydrogen) atoms. The first kappa shape index (κ1) is 10.7. The highest BCUT2D eigenvalue weighted by Gasteiger charge is 2.23. The number of hydrogen-bond donors (Lipinski definition) is 1. The third-order valence-corrected chi connectivity index (χ3v) is 2.71. The van der Waals surface area contributed by atoms with Crippen molar-refractivity contribution in [3.63, 3.8) is 0 Å². The maximum absolute atomic E-state index is 11.4. The summed E-state index contributed by atoms with van der Waals surface area (Å²) in [6.07, 6.45) is 2.12. The number of carbonyl (C=O) groups excluding carboxylic acids is 1. The van der Waals surface area contributed by atoms with Crippen LogP contribution in [0.3, 0.4) is 0 Å². The molecule has 0 bridgehead atoms. The van der Waals surface area contributed by atoms with Crippen molar-refractivity contribution in [2.75, 3.05) is 11.6 Å². The molecule has 1 N–H and O–H groups in total. The summed E-state index contributed by atoms with van der Waals surface area (Å²) in [5, 5.41) is 1.87. The quantitative estimate of drug-likeness (QED) is 0.784. The Morgan fingerprint density at radius 3 is 2.81 bits per heavy atom. The largest absolute Gasteiger partial charge is 0.280 e. The van der Waals surface area contributed by atoms with E-state index in [9.17, 15) is 4.79 Å². The van der Waals surface area contributed by atoms with Crippen LogP contribution < -0.4 is 10.4 Å². The molecule has 2 rings (SSSR count). The van der Waals surface area contributed by atoms with E-state index in [1.165, 1.54) is 5.56 Å². The molecule has 0 unspecified atom stereocenters. The zero-order valence-corrected chi connectivity index (χ0v) is 9.49. The monoisotopic (exact) mass is 216 g/mol. The predicted molar refractivity (Wildman–Crippen MR) is 65.1 cm³/mol. The first-order valence-corrected chi connectivity index (χ1v) is 5.56. The second kappa shape index (κ2) is 4.39. The van der Waals surface area contributed by atoms with Gasteiger partial charge in [0.05, 0.1) is 12.2 Å². The number of benzene rings is 1. The molecule has 0 saturated carbocycles. The highest BCUT2D eigenvalue weighted by Crippen LogP contribution is 2.23. The molecule has 1 aliphatic heterocycles. The fourth-order valence-electron chi connectivity index (χ4n) is 1.90. The third-order valence-electron chi connectivity index (χ3n) is 2.71. The van der Waals surface area contributed by atoms with E-state index < -0.39 is 0 Å². The highest BCUT2D eigenvalue weighted by atomic mass is 16.2. The van der Waals surface area contributed by atoms with Gasteiger partial charge in [0.15, 0.2) is 0 Å². The topological polar surface area (TPSA) is 32.3 Å². The molecule has 1 aromatic rings. The number of para-hydroxylation sites is 1. The molecule has 84 valence electrons. The van der Waals surface area contributed by atoms with Crippen LogP contribution in [0.15, 0.2) is 36.4 Å². The van der Waals surface area contributed by atoms with Crippen LogP contribution in [-0.2, 0) is 11.2 Å². The average Bonchev–Trinajstić information content (AvgIpc) is 2.60. The van der Waals surface area contributed by atoms with E-state index in [-0.39, 0.29) is 5.91 Å². The van der Waals surface area contributed by atoms with Gasteiger partial charge in [0, 0.05) is 5.57 Å². The molecule has 3 nitrogen and oxygen atoms in total. The van der Waals surface area contributed by atoms with Gasteiger partial charge < -0.3 is 0 Å². The zero-order valence-electron chi connectivity index (χ0n) is 9.49. The van der Waals surface area contributed by atoms with Crippen LogP contribution in [0.2, 0.25) is 0 Å². The van der Waals surface area contributed by atoms with Gasteiger partial charge in [-0.05, 0) is 18.1 Å². The van der Waals surface area contributed by atoms with Crippen molar-refractivity contribution in [2.45, 2.75) is 19.8 Å². The lowest BCUT2D eigenvalue weighted by molar-refractivity contribution is -0.116. The van der Waals surface area contributed by atoms with Crippen LogP contribution in [-0.4, -0.2) is 12.5 Å². The molecule has 0 aliphatic carbocycles. The Morgan fingerprint density at radius 2 is 2.19 bits per heavy atom. The van der Waals surface area contributed by atoms with Crippen molar-refractivity contribution < 1.29 is 4.79 Å². The fourth-order valence-corrected chi connectivity index (χ4v) is 1.90. The molecule has 3 heteroatoms. The first-order valence-electron chi connectivity index (χ1n) is 5.56. The normalized spacial score (nSPS) is 15.4. The van der Waals surface area contributed by atoms with Gasteiger partial charge in [-0.25, -0.2) is 0 Å². The van der Waals surface area contributed by atoms with Gasteiger partial charge in [-0.1, -0.05) is 38.1 Å². The third kappa shape index (κ3) is 1.94. The number of hydrogen-bond acceptors (Lipinski definition) is 2. The minimum Gasteiger partial charge on any atom is -0.280 e. The summed E-state index contributed by atoms with van der Waals surface area (Å²) in [6, 6.07) is 8.15. The molecule has 1 amide bonds. The average molecular weight is 216 g/mol. The minimum absolute atomic E-state index is 0.0775. The molecule has 1 saturated heterocycles. The molecule has 0 atom stereocenters. The highest BCUT2D eigenvalue weighted by molar-refractivity contribution is 5.97. The van der Waals surface area contributed by atoms with Gasteiger partial charge in [-0.15, -0.1) is 0 Å². The van der Waals surface area contributed by atoms with E-state index in [1.54, 1.807) is 0 Å². The molecule has 0 spiro atoms. The summed E-state index contributed by atoms with van der Waals surface area (Å²) >= 11 is 0. The Labute approximate surface area is 95.7 Å². The number of hydrazine groups is 1. The van der Waals surface area contributed by atoms with Crippen LogP contribution in [0, 0.1) is 0 Å². The Balaban J connectivity index is 2.26. The summed E-state index contributed by atoms with van der Waals surface area (Å²) in [7, 11) is 0. The first-order chi connectivity index (χ1) is 7.72. The Hall–Kier alpha value is -1.77. The maximum atomic E-state index is 11.4. The molecule has 1 fully saturated rings. The van der Waals surface area contributed by atoms with E-state index in [2.05, 4.69) is 25.0 Å². The number of carbonyl (C=O) groups is 1. The van der Waals surface area contributed by atoms with Gasteiger partial charge in [0.1, 0.15) is 0 Å². The van der Waals surface area contributed by atoms with Crippen LogP contribution in [0.5, 0.6) is 0 Å². The zero-order chi connectivity index (χ0) is 11.5. The maximum Gasteiger partial charge on any atom is 0.267 e. The van der Waals surface area contributed by atoms with Gasteiger partial charge in [-0.3, -0.25) is 15.2 Å². The molecule has 1 aromatic carbocycles. The Bertz CT molecular complexity index is 410. The van der Waals surface area contributed by atoms with E-state index in [0.717, 1.165) is 18.5 Å². The molecule has 1 aliphatic rings. The summed E-state index contributed by atoms with van der Waals surface area (Å²) < 4.78 is 0. The summed E-state index contributed by atoms with van der Waals surface area (Å²) in [6.45, 7) is 6.45. The second-order valence-corrected chi connectivity index (χ2v) is 4.01. The van der Waals surface area contributed by atoms with Crippen molar-refractivity contribution in [1.82, 2.24) is 5.43 Å². The molecule has 1 heterocycles. The fraction of sp³-hybridized carbons (Fsp3) is 0.308. The van der Waals surface area contributed by atoms with Gasteiger partial charge in [-0.2, -0.15) is 0 Å². The minimum atomic E-state index is -0.0775. The Kier molecular flexibility index (Phi) is 2.95. The summed E-state index contributed by atoms with van der Waals surface area (Å²) in [4.78, 5) is 11.4. The lowest BCUT2D eigenvalue weighted by atomic mass is 10.1. The summed E-state index contributed by atoms with van der Waals surface area (Å²) in [5.41, 5.74) is 5.77. The van der Waals surface area contributed by atoms with Gasteiger partial charge >= 0.3 is 0 Å². The number of amides is 1. The van der Waals surface area contributed by atoms with E-state index >= 15 is 0 Å². The van der Waals surface area contributed by atoms with Crippen LogP contribution in [0.1, 0.15) is 18.9 Å². The molecule has 0 radical (unpaired) electrons. The Morgan fingerprint density at radius 1 is 1.44 bits per heavy atom. The van der Waals surface area contributed by atoms with E-state index in [0.29, 0.717) is 12.1 Å². The standard InChI is InChI=1S/C13H16N2O/c1-3-6-11-7-4-5-8-12(11)15-9-10(2)13(16)14-15/h4-5,7-8H,2-3,6,9H2,1H3,(H,14,16). The molecular formula is C13H16N2O. The SMILES string of the molecule is C=C1CN(c2ccccc2CCC)NC1=O. The lowest BCUT2D eigenvalue weighted by Crippen LogP contribution is -2.33. The van der Waals surface area contributed by atoms with Crippen LogP contribution >= 0.6 is 0 Å². The van der Waals surface area contributed by atoms with Crippen molar-refractivity contribution in [1.29, 1.82) is 0 Å². The summed E-state index contributed by atoms with van der Waals surface area (Å²) in [5.74, 6) is -0.0775. The second-order valence-electron chi connectivity index (χ2n) is 4.01.